The molecule has 0 amide bonds. The lowest BCUT2D eigenvalue weighted by Gasteiger charge is -1.82. The quantitative estimate of drug-likeness (QED) is 0.774. The van der Waals surface area contributed by atoms with Crippen LogP contribution < -0.4 is 5.32 Å². The third kappa shape index (κ3) is 3.43. The maximum atomic E-state index is 10.0. The van der Waals surface area contributed by atoms with Gasteiger partial charge in [-0.1, -0.05) is 11.3 Å². The van der Waals surface area contributed by atoms with Gasteiger partial charge in [0.1, 0.15) is 5.01 Å². The second kappa shape index (κ2) is 5.96. The van der Waals surface area contributed by atoms with E-state index in [0.29, 0.717) is 5.56 Å². The van der Waals surface area contributed by atoms with Gasteiger partial charge in [0, 0.05) is 12.7 Å². The van der Waals surface area contributed by atoms with Crippen LogP contribution in [0.2, 0.25) is 0 Å². The van der Waals surface area contributed by atoms with Crippen molar-refractivity contribution < 1.29 is 4.79 Å². The lowest BCUT2D eigenvalue weighted by atomic mass is 10.3. The molecule has 0 aliphatic rings. The Bertz CT molecular complexity index is 450. The Kier molecular flexibility index (Phi) is 4.59. The van der Waals surface area contributed by atoms with Crippen LogP contribution in [0.4, 0.5) is 5.13 Å². The lowest BCUT2D eigenvalue weighted by molar-refractivity contribution is 0.112. The van der Waals surface area contributed by atoms with Crippen LogP contribution in [0.1, 0.15) is 21.1 Å². The number of hydrogen-bond acceptors (Lipinski definition) is 6. The first-order chi connectivity index (χ1) is 7.67. The predicted molar refractivity (Wildman–Crippen MR) is 62.9 cm³/mol. The van der Waals surface area contributed by atoms with Crippen molar-refractivity contribution in [3.63, 3.8) is 0 Å². The van der Waals surface area contributed by atoms with Crippen LogP contribution in [0.3, 0.4) is 0 Å². The van der Waals surface area contributed by atoms with Crippen LogP contribution in [0.25, 0.3) is 0 Å². The van der Waals surface area contributed by atoms with E-state index in [-0.39, 0.29) is 0 Å². The number of aromatic amines is 1. The molecular weight excluding hydrogens is 226 g/mol. The average Bonchev–Trinajstić information content (AvgIpc) is 2.87. The fraction of sp³-hybridized carbons (Fsp3) is 0.333. The predicted octanol–water partition coefficient (Wildman–Crippen LogP) is 1.42. The maximum Gasteiger partial charge on any atom is 0.205 e. The van der Waals surface area contributed by atoms with E-state index in [1.54, 1.807) is 18.3 Å². The molecule has 0 aliphatic heterocycles. The van der Waals surface area contributed by atoms with Gasteiger partial charge < -0.3 is 5.32 Å². The molecule has 2 N–H and O–H groups in total. The summed E-state index contributed by atoms with van der Waals surface area (Å²) in [7, 11) is 1.83. The average molecular weight is 239 g/mol. The molecule has 16 heavy (non-hydrogen) atoms. The molecule has 86 valence electrons. The van der Waals surface area contributed by atoms with Crippen molar-refractivity contribution in [2.24, 2.45) is 0 Å². The molecule has 0 radical (unpaired) electrons. The Morgan fingerprint density at radius 3 is 2.44 bits per heavy atom. The maximum absolute atomic E-state index is 10.0. The minimum atomic E-state index is 0.630. The molecule has 6 nitrogen and oxygen atoms in total. The Morgan fingerprint density at radius 1 is 1.44 bits per heavy atom. The fourth-order valence-corrected chi connectivity index (χ4v) is 1.42. The lowest BCUT2D eigenvalue weighted by Crippen LogP contribution is -1.84. The summed E-state index contributed by atoms with van der Waals surface area (Å²) >= 11 is 1.55. The van der Waals surface area contributed by atoms with E-state index in [9.17, 15) is 4.79 Å². The first-order valence-corrected chi connectivity index (χ1v) is 5.42. The van der Waals surface area contributed by atoms with Crippen LogP contribution in [0, 0.1) is 13.8 Å². The van der Waals surface area contributed by atoms with Crippen molar-refractivity contribution >= 4 is 22.8 Å². The van der Waals surface area contributed by atoms with Gasteiger partial charge in [0.05, 0.1) is 11.8 Å². The smallest absolute Gasteiger partial charge is 0.205 e. The van der Waals surface area contributed by atoms with E-state index in [2.05, 4.69) is 25.7 Å². The molecule has 2 aromatic rings. The van der Waals surface area contributed by atoms with Crippen molar-refractivity contribution in [3.05, 3.63) is 22.5 Å². The molecule has 0 atom stereocenters. The number of nitrogens with one attached hydrogen (secondary N) is 2. The summed E-state index contributed by atoms with van der Waals surface area (Å²) in [6.07, 6.45) is 2.28. The highest BCUT2D eigenvalue weighted by Gasteiger charge is 1.94. The summed E-state index contributed by atoms with van der Waals surface area (Å²) in [4.78, 5) is 10.0. The van der Waals surface area contributed by atoms with E-state index >= 15 is 0 Å². The zero-order chi connectivity index (χ0) is 12.0. The van der Waals surface area contributed by atoms with Crippen molar-refractivity contribution in [1.82, 2.24) is 20.4 Å². The van der Waals surface area contributed by atoms with Crippen LogP contribution in [-0.4, -0.2) is 33.7 Å². The summed E-state index contributed by atoms with van der Waals surface area (Å²) in [5, 5.41) is 18.6. The zero-order valence-corrected chi connectivity index (χ0v) is 10.1. The molecule has 2 rings (SSSR count). The number of hydrogen-bond donors (Lipinski definition) is 2. The van der Waals surface area contributed by atoms with Crippen LogP contribution >= 0.6 is 11.3 Å². The Labute approximate surface area is 97.1 Å². The minimum absolute atomic E-state index is 0.630. The molecule has 0 bridgehead atoms. The van der Waals surface area contributed by atoms with Gasteiger partial charge in [-0.15, -0.1) is 10.2 Å². The second-order valence-electron chi connectivity index (χ2n) is 2.94. The number of H-pyrrole nitrogens is 1. The van der Waals surface area contributed by atoms with E-state index in [1.807, 2.05) is 14.0 Å². The molecule has 0 spiro atoms. The monoisotopic (exact) mass is 239 g/mol. The van der Waals surface area contributed by atoms with Crippen LogP contribution in [0.5, 0.6) is 0 Å². The molecule has 0 fully saturated rings. The topological polar surface area (TPSA) is 83.6 Å². The zero-order valence-electron chi connectivity index (χ0n) is 9.31. The molecule has 2 aromatic heterocycles. The Balaban J connectivity index is 0.000000160. The van der Waals surface area contributed by atoms with E-state index in [0.717, 1.165) is 22.1 Å². The number of aldehydes is 1. The number of anilines is 1. The molecular formula is C9H13N5OS. The van der Waals surface area contributed by atoms with Gasteiger partial charge in [0.25, 0.3) is 0 Å². The standard InChI is InChI=1S/C5H6N2O.C4H7N3S/c1-4-5(3-8)2-6-7-4;1-3-6-7-4(5-2)8-3/h2-3H,1H3,(H,6,7);1-2H3,(H,5,7). The van der Waals surface area contributed by atoms with Gasteiger partial charge in [-0.25, -0.2) is 0 Å². The number of aryl methyl sites for hydroxylation is 2. The van der Waals surface area contributed by atoms with Gasteiger partial charge in [0.2, 0.25) is 5.13 Å². The van der Waals surface area contributed by atoms with Crippen molar-refractivity contribution in [2.75, 3.05) is 12.4 Å². The molecule has 2 heterocycles. The summed E-state index contributed by atoms with van der Waals surface area (Å²) < 4.78 is 0. The largest absolute Gasteiger partial charge is 0.363 e. The highest BCUT2D eigenvalue weighted by Crippen LogP contribution is 2.11. The molecule has 7 heteroatoms. The molecule has 0 aromatic carbocycles. The molecule has 0 saturated carbocycles. The number of aromatic nitrogens is 4. The van der Waals surface area contributed by atoms with Gasteiger partial charge in [-0.3, -0.25) is 9.89 Å². The summed E-state index contributed by atoms with van der Waals surface area (Å²) in [5.41, 5.74) is 1.45. The van der Waals surface area contributed by atoms with Gasteiger partial charge in [-0.05, 0) is 13.8 Å². The first kappa shape index (κ1) is 12.3. The third-order valence-electron chi connectivity index (χ3n) is 1.74. The minimum Gasteiger partial charge on any atom is -0.363 e. The van der Waals surface area contributed by atoms with Crippen molar-refractivity contribution in [3.8, 4) is 0 Å². The number of rotatable bonds is 2. The second-order valence-corrected chi connectivity index (χ2v) is 4.13. The number of carbonyl (C=O) groups is 1. The fourth-order valence-electron chi connectivity index (χ4n) is 0.876. The Hall–Kier alpha value is -1.76. The first-order valence-electron chi connectivity index (χ1n) is 4.60. The third-order valence-corrected chi connectivity index (χ3v) is 2.59. The van der Waals surface area contributed by atoms with Gasteiger partial charge >= 0.3 is 0 Å². The van der Waals surface area contributed by atoms with Gasteiger partial charge in [-0.2, -0.15) is 5.10 Å². The summed E-state index contributed by atoms with van der Waals surface area (Å²) in [6, 6.07) is 0. The highest BCUT2D eigenvalue weighted by molar-refractivity contribution is 7.15. The summed E-state index contributed by atoms with van der Waals surface area (Å²) in [5.74, 6) is 0. The Morgan fingerprint density at radius 2 is 2.19 bits per heavy atom. The molecule has 0 aliphatic carbocycles. The molecule has 0 unspecified atom stereocenters. The van der Waals surface area contributed by atoms with E-state index in [1.165, 1.54) is 6.20 Å². The van der Waals surface area contributed by atoms with E-state index < -0.39 is 0 Å². The SMILES string of the molecule is CNc1nnc(C)s1.Cc1[nH]ncc1C=O. The molecule has 0 saturated heterocycles. The summed E-state index contributed by atoms with van der Waals surface area (Å²) in [6.45, 7) is 3.73. The van der Waals surface area contributed by atoms with Gasteiger partial charge in [0.15, 0.2) is 6.29 Å². The highest BCUT2D eigenvalue weighted by atomic mass is 32.1. The number of nitrogens with zero attached hydrogens (tertiary/aromatic N) is 3. The van der Waals surface area contributed by atoms with E-state index in [4.69, 9.17) is 0 Å². The van der Waals surface area contributed by atoms with Crippen molar-refractivity contribution in [2.45, 2.75) is 13.8 Å². The van der Waals surface area contributed by atoms with Crippen LogP contribution in [0.15, 0.2) is 6.20 Å². The normalized spacial score (nSPS) is 9.19. The number of carbonyl (C=O) groups excluding carboxylic acids is 1. The van der Waals surface area contributed by atoms with Crippen molar-refractivity contribution in [1.29, 1.82) is 0 Å². The van der Waals surface area contributed by atoms with Crippen LogP contribution in [-0.2, 0) is 0 Å².